The smallest absolute Gasteiger partial charge is 0.308 e. The average molecular weight is 216 g/mol. The van der Waals surface area contributed by atoms with E-state index in [-0.39, 0.29) is 13.2 Å². The molecule has 12 heavy (non-hydrogen) atoms. The Morgan fingerprint density at radius 2 is 1.75 bits per heavy atom. The van der Waals surface area contributed by atoms with Gasteiger partial charge in [0, 0.05) is 0 Å². The van der Waals surface area contributed by atoms with Gasteiger partial charge in [-0.2, -0.15) is 0 Å². The van der Waals surface area contributed by atoms with Gasteiger partial charge in [0.1, 0.15) is 0 Å². The topological polar surface area (TPSA) is 72.8 Å². The summed E-state index contributed by atoms with van der Waals surface area (Å²) in [5, 5.41) is 0. The molecule has 0 aliphatic carbocycles. The van der Waals surface area contributed by atoms with Gasteiger partial charge in [0.25, 0.3) is 0 Å². The molecular formula is C5H13O5PS. The molecule has 0 spiro atoms. The summed E-state index contributed by atoms with van der Waals surface area (Å²) in [6, 6.07) is 0. The van der Waals surface area contributed by atoms with E-state index in [0.29, 0.717) is 0 Å². The van der Waals surface area contributed by atoms with Gasteiger partial charge in [0.2, 0.25) is 0 Å². The molecule has 0 aromatic rings. The van der Waals surface area contributed by atoms with Gasteiger partial charge in [0.05, 0.1) is 13.2 Å². The van der Waals surface area contributed by atoms with Crippen molar-refractivity contribution in [2.45, 2.75) is 13.8 Å². The summed E-state index contributed by atoms with van der Waals surface area (Å²) in [5.74, 6) is 0. The normalized spacial score (nSPS) is 14.6. The fourth-order valence-corrected chi connectivity index (χ4v) is 3.18. The highest BCUT2D eigenvalue weighted by Crippen LogP contribution is 2.48. The molecule has 0 rings (SSSR count). The van der Waals surface area contributed by atoms with Crippen molar-refractivity contribution in [1.82, 2.24) is 0 Å². The van der Waals surface area contributed by atoms with Crippen LogP contribution in [-0.4, -0.2) is 27.5 Å². The van der Waals surface area contributed by atoms with Crippen LogP contribution in [0.1, 0.15) is 13.8 Å². The maximum absolute atomic E-state index is 11.4. The zero-order chi connectivity index (χ0) is 9.61. The minimum absolute atomic E-state index is 0.203. The molecule has 0 heterocycles. The number of hydrogen-bond donors (Lipinski definition) is 1. The van der Waals surface area contributed by atoms with Crippen LogP contribution in [0.15, 0.2) is 0 Å². The molecule has 0 radical (unpaired) electrons. The van der Waals surface area contributed by atoms with E-state index in [1.54, 1.807) is 13.8 Å². The van der Waals surface area contributed by atoms with E-state index in [1.807, 2.05) is 0 Å². The Bertz CT molecular complexity index is 184. The summed E-state index contributed by atoms with van der Waals surface area (Å²) in [4.78, 5) is 0. The lowest BCUT2D eigenvalue weighted by molar-refractivity contribution is 0.223. The molecular weight excluding hydrogens is 203 g/mol. The summed E-state index contributed by atoms with van der Waals surface area (Å²) in [5.41, 5.74) is -0.464. The summed E-state index contributed by atoms with van der Waals surface area (Å²) in [6.07, 6.45) is 0. The molecule has 0 aliphatic heterocycles. The third kappa shape index (κ3) is 5.00. The molecule has 1 N–H and O–H groups in total. The third-order valence-electron chi connectivity index (χ3n) is 0.920. The summed E-state index contributed by atoms with van der Waals surface area (Å²) < 4.78 is 39.8. The Hall–Kier alpha value is 0.260. The van der Waals surface area contributed by atoms with Crippen molar-refractivity contribution in [3.8, 4) is 0 Å². The van der Waals surface area contributed by atoms with E-state index < -0.39 is 24.2 Å². The van der Waals surface area contributed by atoms with Gasteiger partial charge in [0.15, 0.2) is 16.6 Å². The van der Waals surface area contributed by atoms with Crippen molar-refractivity contribution >= 4 is 18.7 Å². The largest absolute Gasteiger partial charge is 0.345 e. The van der Waals surface area contributed by atoms with Crippen LogP contribution < -0.4 is 0 Å². The fraction of sp³-hybridized carbons (Fsp3) is 1.00. The van der Waals surface area contributed by atoms with Crippen LogP contribution >= 0.6 is 7.60 Å². The average Bonchev–Trinajstić information content (AvgIpc) is 1.85. The van der Waals surface area contributed by atoms with Crippen molar-refractivity contribution < 1.29 is 22.4 Å². The van der Waals surface area contributed by atoms with Crippen molar-refractivity contribution in [2.24, 2.45) is 0 Å². The van der Waals surface area contributed by atoms with Gasteiger partial charge in [-0.15, -0.1) is 0 Å². The molecule has 7 heteroatoms. The molecule has 0 saturated heterocycles. The first-order chi connectivity index (χ1) is 5.54. The number of rotatable bonds is 6. The van der Waals surface area contributed by atoms with E-state index in [9.17, 15) is 8.77 Å². The first kappa shape index (κ1) is 12.3. The molecule has 0 bridgehead atoms. The van der Waals surface area contributed by atoms with Gasteiger partial charge in [-0.1, -0.05) is 0 Å². The van der Waals surface area contributed by atoms with E-state index in [4.69, 9.17) is 13.6 Å². The van der Waals surface area contributed by atoms with Crippen molar-refractivity contribution in [3.63, 3.8) is 0 Å². The highest BCUT2D eigenvalue weighted by molar-refractivity contribution is 7.87. The van der Waals surface area contributed by atoms with Crippen LogP contribution in [0.3, 0.4) is 0 Å². The lowest BCUT2D eigenvalue weighted by Gasteiger charge is -2.14. The van der Waals surface area contributed by atoms with Crippen molar-refractivity contribution in [1.29, 1.82) is 0 Å². The molecule has 0 aromatic heterocycles. The lowest BCUT2D eigenvalue weighted by atomic mass is 10.9. The van der Waals surface area contributed by atoms with Crippen LogP contribution in [0.4, 0.5) is 0 Å². The Morgan fingerprint density at radius 3 is 2.00 bits per heavy atom. The summed E-state index contributed by atoms with van der Waals surface area (Å²) in [6.45, 7) is 3.70. The zero-order valence-corrected chi connectivity index (χ0v) is 8.77. The standard InChI is InChI=1S/C5H13O5PS/c1-3-9-11(6,10-4-2)5-12(7)8/h3-5H2,1-2H3,(H,7,8). The Kier molecular flexibility index (Phi) is 5.96. The SMILES string of the molecule is CCOP(=O)(CS(=O)O)OCC. The molecule has 0 saturated carbocycles. The predicted molar refractivity (Wildman–Crippen MR) is 46.5 cm³/mol. The molecule has 1 unspecified atom stereocenters. The van der Waals surface area contributed by atoms with E-state index in [0.717, 1.165) is 0 Å². The van der Waals surface area contributed by atoms with Crippen LogP contribution in [0.2, 0.25) is 0 Å². The first-order valence-electron chi connectivity index (χ1n) is 3.49. The Balaban J connectivity index is 4.18. The summed E-state index contributed by atoms with van der Waals surface area (Å²) in [7, 11) is -3.33. The van der Waals surface area contributed by atoms with Gasteiger partial charge >= 0.3 is 7.60 Å². The van der Waals surface area contributed by atoms with E-state index in [2.05, 4.69) is 0 Å². The molecule has 0 aliphatic rings. The molecule has 0 aromatic carbocycles. The second kappa shape index (κ2) is 5.83. The lowest BCUT2D eigenvalue weighted by Crippen LogP contribution is -2.03. The fourth-order valence-electron chi connectivity index (χ4n) is 0.640. The Labute approximate surface area is 74.3 Å². The molecule has 0 fully saturated rings. The van der Waals surface area contributed by atoms with Crippen LogP contribution in [0, 0.1) is 0 Å². The van der Waals surface area contributed by atoms with E-state index >= 15 is 0 Å². The second-order valence-corrected chi connectivity index (χ2v) is 5.31. The molecule has 74 valence electrons. The minimum Gasteiger partial charge on any atom is -0.308 e. The monoisotopic (exact) mass is 216 g/mol. The molecule has 5 nitrogen and oxygen atoms in total. The zero-order valence-electron chi connectivity index (χ0n) is 7.06. The van der Waals surface area contributed by atoms with Gasteiger partial charge in [-0.05, 0) is 13.8 Å². The highest BCUT2D eigenvalue weighted by Gasteiger charge is 2.25. The van der Waals surface area contributed by atoms with Crippen molar-refractivity contribution in [2.75, 3.05) is 18.7 Å². The Morgan fingerprint density at radius 1 is 1.33 bits per heavy atom. The number of hydrogen-bond acceptors (Lipinski definition) is 4. The van der Waals surface area contributed by atoms with Gasteiger partial charge in [-0.3, -0.25) is 4.57 Å². The van der Waals surface area contributed by atoms with Crippen molar-refractivity contribution in [3.05, 3.63) is 0 Å². The molecule has 1 atom stereocenters. The van der Waals surface area contributed by atoms with Crippen LogP contribution in [-0.2, 0) is 24.7 Å². The third-order valence-corrected chi connectivity index (χ3v) is 4.37. The van der Waals surface area contributed by atoms with Crippen LogP contribution in [0.5, 0.6) is 0 Å². The van der Waals surface area contributed by atoms with Gasteiger partial charge in [-0.25, -0.2) is 4.21 Å². The minimum atomic E-state index is -3.33. The predicted octanol–water partition coefficient (Wildman–Crippen LogP) is 1.43. The summed E-state index contributed by atoms with van der Waals surface area (Å²) >= 11 is -2.15. The quantitative estimate of drug-likeness (QED) is 0.537. The first-order valence-corrected chi connectivity index (χ1v) is 6.50. The second-order valence-electron chi connectivity index (χ2n) is 1.90. The van der Waals surface area contributed by atoms with Crippen LogP contribution in [0.25, 0.3) is 0 Å². The maximum atomic E-state index is 11.4. The molecule has 0 amide bonds. The van der Waals surface area contributed by atoms with E-state index in [1.165, 1.54) is 0 Å². The van der Waals surface area contributed by atoms with Gasteiger partial charge < -0.3 is 13.6 Å². The maximum Gasteiger partial charge on any atom is 0.345 e. The highest BCUT2D eigenvalue weighted by atomic mass is 32.2.